The number of hydrogen-bond acceptors (Lipinski definition) is 3. The highest BCUT2D eigenvalue weighted by molar-refractivity contribution is 7.89. The standard InChI is InChI=1S/C22H26N2O3S/c25-22(21-13-6-9-17-8-2-3-12-20(17)21)23-18-10-7-11-19(16-18)28(26,27)24-14-4-1-5-15-24/h2-3,7-8,10-12,16,21H,1,4-6,9,13-15H2,(H,23,25)/t21-/m0/s1. The Hall–Kier alpha value is -2.18. The molecule has 6 heteroatoms. The molecule has 2 aliphatic rings. The van der Waals surface area contributed by atoms with Crippen LogP contribution in [0.5, 0.6) is 0 Å². The molecule has 1 heterocycles. The van der Waals surface area contributed by atoms with Gasteiger partial charge in [0.05, 0.1) is 10.8 Å². The first-order valence-electron chi connectivity index (χ1n) is 10.0. The number of nitrogens with one attached hydrogen (secondary N) is 1. The summed E-state index contributed by atoms with van der Waals surface area (Å²) in [5.41, 5.74) is 2.85. The fraction of sp³-hybridized carbons (Fsp3) is 0.409. The number of sulfonamides is 1. The molecule has 1 fully saturated rings. The predicted octanol–water partition coefficient (Wildman–Crippen LogP) is 3.92. The average molecular weight is 399 g/mol. The molecule has 1 aliphatic heterocycles. The van der Waals surface area contributed by atoms with Crippen molar-refractivity contribution in [3.8, 4) is 0 Å². The molecule has 28 heavy (non-hydrogen) atoms. The molecule has 0 saturated carbocycles. The van der Waals surface area contributed by atoms with Crippen LogP contribution in [0.3, 0.4) is 0 Å². The van der Waals surface area contributed by atoms with Gasteiger partial charge in [-0.2, -0.15) is 4.31 Å². The summed E-state index contributed by atoms with van der Waals surface area (Å²) in [4.78, 5) is 13.2. The van der Waals surface area contributed by atoms with Crippen molar-refractivity contribution in [1.29, 1.82) is 0 Å². The summed E-state index contributed by atoms with van der Waals surface area (Å²) in [6, 6.07) is 14.7. The van der Waals surface area contributed by atoms with Gasteiger partial charge in [0, 0.05) is 18.8 Å². The number of piperidine rings is 1. The molecular weight excluding hydrogens is 372 g/mol. The largest absolute Gasteiger partial charge is 0.326 e. The predicted molar refractivity (Wildman–Crippen MR) is 110 cm³/mol. The Bertz CT molecular complexity index is 965. The smallest absolute Gasteiger partial charge is 0.243 e. The zero-order chi connectivity index (χ0) is 19.6. The maximum Gasteiger partial charge on any atom is 0.243 e. The second-order valence-corrected chi connectivity index (χ2v) is 9.56. The van der Waals surface area contributed by atoms with Crippen molar-refractivity contribution in [3.05, 3.63) is 59.7 Å². The summed E-state index contributed by atoms with van der Waals surface area (Å²) in [5, 5.41) is 2.95. The molecule has 148 valence electrons. The number of rotatable bonds is 4. The molecule has 1 aliphatic carbocycles. The third kappa shape index (κ3) is 3.84. The number of amides is 1. The van der Waals surface area contributed by atoms with E-state index in [4.69, 9.17) is 0 Å². The van der Waals surface area contributed by atoms with Gasteiger partial charge in [0.25, 0.3) is 0 Å². The third-order valence-electron chi connectivity index (χ3n) is 5.74. The summed E-state index contributed by atoms with van der Waals surface area (Å²) in [7, 11) is -3.51. The van der Waals surface area contributed by atoms with Crippen LogP contribution in [-0.4, -0.2) is 31.7 Å². The number of aryl methyl sites for hydroxylation is 1. The van der Waals surface area contributed by atoms with Gasteiger partial charge in [-0.1, -0.05) is 36.8 Å². The summed E-state index contributed by atoms with van der Waals surface area (Å²) in [6.07, 6.45) is 5.68. The lowest BCUT2D eigenvalue weighted by atomic mass is 9.82. The summed E-state index contributed by atoms with van der Waals surface area (Å²) < 4.78 is 27.4. The molecule has 0 unspecified atom stereocenters. The Balaban J connectivity index is 1.53. The Morgan fingerprint density at radius 3 is 2.57 bits per heavy atom. The number of carbonyl (C=O) groups is 1. The fourth-order valence-corrected chi connectivity index (χ4v) is 5.81. The zero-order valence-electron chi connectivity index (χ0n) is 15.9. The average Bonchev–Trinajstić information content (AvgIpc) is 2.74. The second-order valence-electron chi connectivity index (χ2n) is 7.63. The van der Waals surface area contributed by atoms with Crippen molar-refractivity contribution in [2.45, 2.75) is 49.3 Å². The lowest BCUT2D eigenvalue weighted by Gasteiger charge is -2.26. The summed E-state index contributed by atoms with van der Waals surface area (Å²) in [6.45, 7) is 1.13. The van der Waals surface area contributed by atoms with Crippen molar-refractivity contribution in [2.24, 2.45) is 0 Å². The number of anilines is 1. The molecule has 4 rings (SSSR count). The molecule has 1 N–H and O–H groups in total. The first kappa shape index (κ1) is 19.2. The van der Waals surface area contributed by atoms with E-state index in [2.05, 4.69) is 11.4 Å². The first-order valence-corrected chi connectivity index (χ1v) is 11.5. The summed E-state index contributed by atoms with van der Waals surface area (Å²) >= 11 is 0. The van der Waals surface area contributed by atoms with Crippen LogP contribution in [0.1, 0.15) is 49.1 Å². The molecule has 2 aromatic carbocycles. The van der Waals surface area contributed by atoms with Crippen LogP contribution in [0, 0.1) is 0 Å². The van der Waals surface area contributed by atoms with E-state index in [-0.39, 0.29) is 16.7 Å². The maximum absolute atomic E-state index is 12.9. The van der Waals surface area contributed by atoms with Gasteiger partial charge in [0.15, 0.2) is 0 Å². The highest BCUT2D eigenvalue weighted by Crippen LogP contribution is 2.32. The van der Waals surface area contributed by atoms with Crippen LogP contribution in [0.15, 0.2) is 53.4 Å². The van der Waals surface area contributed by atoms with E-state index in [1.807, 2.05) is 18.2 Å². The van der Waals surface area contributed by atoms with E-state index in [9.17, 15) is 13.2 Å². The van der Waals surface area contributed by atoms with Crippen molar-refractivity contribution >= 4 is 21.6 Å². The minimum absolute atomic E-state index is 0.0697. The van der Waals surface area contributed by atoms with E-state index >= 15 is 0 Å². The normalized spacial score (nSPS) is 20.4. The van der Waals surface area contributed by atoms with Gasteiger partial charge < -0.3 is 5.32 Å². The molecule has 2 aromatic rings. The zero-order valence-corrected chi connectivity index (χ0v) is 16.7. The van der Waals surface area contributed by atoms with Crippen LogP contribution in [0.4, 0.5) is 5.69 Å². The van der Waals surface area contributed by atoms with Gasteiger partial charge >= 0.3 is 0 Å². The number of nitrogens with zero attached hydrogens (tertiary/aromatic N) is 1. The van der Waals surface area contributed by atoms with Crippen molar-refractivity contribution in [1.82, 2.24) is 4.31 Å². The van der Waals surface area contributed by atoms with E-state index < -0.39 is 10.0 Å². The molecule has 0 spiro atoms. The van der Waals surface area contributed by atoms with Crippen molar-refractivity contribution < 1.29 is 13.2 Å². The van der Waals surface area contributed by atoms with E-state index in [1.165, 1.54) is 5.56 Å². The molecule has 0 aromatic heterocycles. The molecule has 1 atom stereocenters. The number of benzene rings is 2. The third-order valence-corrected chi connectivity index (χ3v) is 7.63. The highest BCUT2D eigenvalue weighted by atomic mass is 32.2. The van der Waals surface area contributed by atoms with Crippen LogP contribution in [0.2, 0.25) is 0 Å². The minimum atomic E-state index is -3.51. The monoisotopic (exact) mass is 398 g/mol. The van der Waals surface area contributed by atoms with Crippen molar-refractivity contribution in [3.63, 3.8) is 0 Å². The second kappa shape index (κ2) is 8.05. The number of hydrogen-bond donors (Lipinski definition) is 1. The van der Waals surface area contributed by atoms with Crippen molar-refractivity contribution in [2.75, 3.05) is 18.4 Å². The van der Waals surface area contributed by atoms with Gasteiger partial charge in [0.2, 0.25) is 15.9 Å². The Kier molecular flexibility index (Phi) is 5.51. The lowest BCUT2D eigenvalue weighted by molar-refractivity contribution is -0.117. The van der Waals surface area contributed by atoms with Gasteiger partial charge in [-0.25, -0.2) is 8.42 Å². The first-order chi connectivity index (χ1) is 13.6. The summed E-state index contributed by atoms with van der Waals surface area (Å²) in [5.74, 6) is -0.257. The maximum atomic E-state index is 12.9. The SMILES string of the molecule is O=C(Nc1cccc(S(=O)(=O)N2CCCCC2)c1)[C@H]1CCCc2ccccc21. The quantitative estimate of drug-likeness (QED) is 0.849. The highest BCUT2D eigenvalue weighted by Gasteiger charge is 2.28. The van der Waals surface area contributed by atoms with Crippen LogP contribution in [0.25, 0.3) is 0 Å². The number of fused-ring (bicyclic) bond motifs is 1. The van der Waals surface area contributed by atoms with Gasteiger partial charge in [-0.3, -0.25) is 4.79 Å². The lowest BCUT2D eigenvalue weighted by Crippen LogP contribution is -2.35. The molecule has 1 saturated heterocycles. The topological polar surface area (TPSA) is 66.5 Å². The molecule has 5 nitrogen and oxygen atoms in total. The molecule has 1 amide bonds. The fourth-order valence-electron chi connectivity index (χ4n) is 4.24. The molecule has 0 radical (unpaired) electrons. The minimum Gasteiger partial charge on any atom is -0.326 e. The van der Waals surface area contributed by atoms with Crippen LogP contribution >= 0.6 is 0 Å². The van der Waals surface area contributed by atoms with E-state index in [0.29, 0.717) is 18.8 Å². The molecular formula is C22H26N2O3S. The van der Waals surface area contributed by atoms with E-state index in [1.54, 1.807) is 28.6 Å². The van der Waals surface area contributed by atoms with Crippen LogP contribution in [-0.2, 0) is 21.2 Å². The Labute approximate surface area is 166 Å². The Morgan fingerprint density at radius 1 is 0.964 bits per heavy atom. The Morgan fingerprint density at radius 2 is 1.75 bits per heavy atom. The van der Waals surface area contributed by atoms with Crippen LogP contribution < -0.4 is 5.32 Å². The van der Waals surface area contributed by atoms with Gasteiger partial charge in [-0.05, 0) is 61.4 Å². The van der Waals surface area contributed by atoms with Gasteiger partial charge in [-0.15, -0.1) is 0 Å². The van der Waals surface area contributed by atoms with Gasteiger partial charge in [0.1, 0.15) is 0 Å². The molecule has 0 bridgehead atoms. The van der Waals surface area contributed by atoms with E-state index in [0.717, 1.165) is 44.1 Å². The number of carbonyl (C=O) groups excluding carboxylic acids is 1.